The minimum Gasteiger partial charge on any atom is -0.489 e. The molecule has 7 heteroatoms. The van der Waals surface area contributed by atoms with Gasteiger partial charge in [-0.15, -0.1) is 0 Å². The molecule has 1 aromatic rings. The Kier molecular flexibility index (Phi) is 3.86. The van der Waals surface area contributed by atoms with Crippen molar-refractivity contribution in [1.82, 2.24) is 0 Å². The van der Waals surface area contributed by atoms with Gasteiger partial charge in [-0.2, -0.15) is 0 Å². The molecular formula is C10H10O7. The Bertz CT molecular complexity index is 500. The molecule has 0 radical (unpaired) electrons. The van der Waals surface area contributed by atoms with E-state index in [2.05, 4.69) is 9.47 Å². The molecule has 0 N–H and O–H groups in total. The van der Waals surface area contributed by atoms with E-state index < -0.39 is 28.9 Å². The van der Waals surface area contributed by atoms with E-state index in [4.69, 9.17) is 9.15 Å². The molecule has 1 rings (SSSR count). The van der Waals surface area contributed by atoms with Crippen LogP contribution >= 0.6 is 0 Å². The van der Waals surface area contributed by atoms with Crippen molar-refractivity contribution >= 4 is 11.9 Å². The van der Waals surface area contributed by atoms with Gasteiger partial charge in [0.2, 0.25) is 16.9 Å². The molecule has 0 bridgehead atoms. The summed E-state index contributed by atoms with van der Waals surface area (Å²) in [4.78, 5) is 34.0. The Morgan fingerprint density at radius 3 is 2.18 bits per heavy atom. The maximum Gasteiger partial charge on any atom is 0.378 e. The average molecular weight is 242 g/mol. The molecule has 0 amide bonds. The number of carbonyl (C=O) groups is 2. The van der Waals surface area contributed by atoms with Crippen LogP contribution in [0.2, 0.25) is 0 Å². The molecule has 92 valence electrons. The van der Waals surface area contributed by atoms with Crippen LogP contribution in [0.3, 0.4) is 0 Å². The average Bonchev–Trinajstić information content (AvgIpc) is 2.35. The minimum absolute atomic E-state index is 0.329. The van der Waals surface area contributed by atoms with E-state index >= 15 is 0 Å². The van der Waals surface area contributed by atoms with Crippen LogP contribution in [0.4, 0.5) is 0 Å². The van der Waals surface area contributed by atoms with E-state index in [1.165, 1.54) is 7.11 Å². The summed E-state index contributed by atoms with van der Waals surface area (Å²) in [5.41, 5.74) is -0.681. The Morgan fingerprint density at radius 2 is 1.71 bits per heavy atom. The standard InChI is InChI=1S/C10H10O7/c1-14-7-5(11)4-6(9(12)15-2)17-8(7)10(13)16-3/h4H,1-3H3. The first-order chi connectivity index (χ1) is 8.04. The fourth-order valence-electron chi connectivity index (χ4n) is 1.10. The van der Waals surface area contributed by atoms with Gasteiger partial charge in [0.25, 0.3) is 5.76 Å². The molecule has 1 aromatic heterocycles. The lowest BCUT2D eigenvalue weighted by molar-refractivity contribution is 0.0516. The summed E-state index contributed by atoms with van der Waals surface area (Å²) < 4.78 is 18.4. The molecule has 17 heavy (non-hydrogen) atoms. The number of ether oxygens (including phenoxy) is 3. The molecule has 0 saturated carbocycles. The highest BCUT2D eigenvalue weighted by molar-refractivity contribution is 5.91. The first-order valence-corrected chi connectivity index (χ1v) is 4.44. The van der Waals surface area contributed by atoms with Crippen LogP contribution in [-0.2, 0) is 9.47 Å². The smallest absolute Gasteiger partial charge is 0.378 e. The highest BCUT2D eigenvalue weighted by Crippen LogP contribution is 2.16. The van der Waals surface area contributed by atoms with Crippen molar-refractivity contribution in [2.75, 3.05) is 21.3 Å². The van der Waals surface area contributed by atoms with Crippen molar-refractivity contribution in [3.8, 4) is 5.75 Å². The van der Waals surface area contributed by atoms with Crippen LogP contribution < -0.4 is 10.2 Å². The van der Waals surface area contributed by atoms with Gasteiger partial charge < -0.3 is 18.6 Å². The van der Waals surface area contributed by atoms with Crippen molar-refractivity contribution in [3.05, 3.63) is 27.8 Å². The van der Waals surface area contributed by atoms with E-state index in [-0.39, 0.29) is 5.75 Å². The number of hydrogen-bond donors (Lipinski definition) is 0. The van der Waals surface area contributed by atoms with Crippen LogP contribution in [0.5, 0.6) is 5.75 Å². The summed E-state index contributed by atoms with van der Waals surface area (Å²) >= 11 is 0. The second-order valence-corrected chi connectivity index (χ2v) is 2.82. The molecule has 7 nitrogen and oxygen atoms in total. The van der Waals surface area contributed by atoms with Gasteiger partial charge in [-0.3, -0.25) is 4.79 Å². The highest BCUT2D eigenvalue weighted by atomic mass is 16.6. The summed E-state index contributed by atoms with van der Waals surface area (Å²) in [5, 5.41) is 0. The fraction of sp³-hybridized carbons (Fsp3) is 0.300. The monoisotopic (exact) mass is 242 g/mol. The molecule has 0 fully saturated rings. The van der Waals surface area contributed by atoms with E-state index in [0.29, 0.717) is 0 Å². The molecule has 0 aliphatic heterocycles. The van der Waals surface area contributed by atoms with Crippen molar-refractivity contribution in [1.29, 1.82) is 0 Å². The zero-order valence-corrected chi connectivity index (χ0v) is 9.44. The second-order valence-electron chi connectivity index (χ2n) is 2.82. The number of rotatable bonds is 3. The summed E-state index contributed by atoms with van der Waals surface area (Å²) in [7, 11) is 3.41. The van der Waals surface area contributed by atoms with E-state index in [1.54, 1.807) is 0 Å². The number of hydrogen-bond acceptors (Lipinski definition) is 7. The van der Waals surface area contributed by atoms with Crippen LogP contribution in [-0.4, -0.2) is 33.3 Å². The largest absolute Gasteiger partial charge is 0.489 e. The number of carbonyl (C=O) groups excluding carboxylic acids is 2. The predicted molar refractivity (Wildman–Crippen MR) is 54.2 cm³/mol. The predicted octanol–water partition coefficient (Wildman–Crippen LogP) is 0.222. The SMILES string of the molecule is COC(=O)c1cc(=O)c(OC)c(C(=O)OC)o1. The van der Waals surface area contributed by atoms with Crippen molar-refractivity contribution in [2.24, 2.45) is 0 Å². The third-order valence-corrected chi connectivity index (χ3v) is 1.87. The molecule has 0 aliphatic rings. The van der Waals surface area contributed by atoms with Gasteiger partial charge >= 0.3 is 11.9 Å². The topological polar surface area (TPSA) is 92.0 Å². The van der Waals surface area contributed by atoms with Gasteiger partial charge in [0.1, 0.15) is 0 Å². The number of esters is 2. The lowest BCUT2D eigenvalue weighted by Crippen LogP contribution is -2.16. The van der Waals surface area contributed by atoms with Gasteiger partial charge in [0.15, 0.2) is 0 Å². The third-order valence-electron chi connectivity index (χ3n) is 1.87. The van der Waals surface area contributed by atoms with Crippen LogP contribution in [0, 0.1) is 0 Å². The molecule has 1 heterocycles. The van der Waals surface area contributed by atoms with Crippen LogP contribution in [0.25, 0.3) is 0 Å². The first-order valence-electron chi connectivity index (χ1n) is 4.44. The van der Waals surface area contributed by atoms with E-state index in [9.17, 15) is 14.4 Å². The van der Waals surface area contributed by atoms with E-state index in [1.807, 2.05) is 0 Å². The third kappa shape index (κ3) is 2.44. The molecule has 0 saturated heterocycles. The lowest BCUT2D eigenvalue weighted by atomic mass is 10.3. The van der Waals surface area contributed by atoms with Gasteiger partial charge in [0, 0.05) is 6.07 Å². The number of methoxy groups -OCH3 is 3. The normalized spacial score (nSPS) is 9.59. The molecular weight excluding hydrogens is 232 g/mol. The molecule has 0 aliphatic carbocycles. The van der Waals surface area contributed by atoms with E-state index in [0.717, 1.165) is 20.3 Å². The molecule has 0 unspecified atom stereocenters. The maximum absolute atomic E-state index is 11.5. The molecule has 0 aromatic carbocycles. The summed E-state index contributed by atoms with van der Waals surface area (Å²) in [6.45, 7) is 0. The highest BCUT2D eigenvalue weighted by Gasteiger charge is 2.23. The Balaban J connectivity index is 3.44. The van der Waals surface area contributed by atoms with Gasteiger partial charge in [-0.05, 0) is 0 Å². The van der Waals surface area contributed by atoms with Gasteiger partial charge in [0.05, 0.1) is 21.3 Å². The first kappa shape index (κ1) is 12.8. The fourth-order valence-corrected chi connectivity index (χ4v) is 1.10. The summed E-state index contributed by atoms with van der Waals surface area (Å²) in [6.07, 6.45) is 0. The van der Waals surface area contributed by atoms with Gasteiger partial charge in [-0.25, -0.2) is 9.59 Å². The molecule has 0 spiro atoms. The Morgan fingerprint density at radius 1 is 1.12 bits per heavy atom. The van der Waals surface area contributed by atoms with Crippen molar-refractivity contribution < 1.29 is 28.2 Å². The molecule has 0 atom stereocenters. The zero-order valence-electron chi connectivity index (χ0n) is 9.44. The summed E-state index contributed by atoms with van der Waals surface area (Å²) in [6, 6.07) is 0.872. The lowest BCUT2D eigenvalue weighted by Gasteiger charge is -2.06. The Labute approximate surface area is 95.9 Å². The van der Waals surface area contributed by atoms with Crippen LogP contribution in [0.15, 0.2) is 15.3 Å². The minimum atomic E-state index is -0.926. The summed E-state index contributed by atoms with van der Waals surface area (Å²) in [5.74, 6) is -3.02. The zero-order chi connectivity index (χ0) is 13.0. The quantitative estimate of drug-likeness (QED) is 0.700. The van der Waals surface area contributed by atoms with Crippen LogP contribution in [0.1, 0.15) is 21.1 Å². The van der Waals surface area contributed by atoms with Crippen molar-refractivity contribution in [2.45, 2.75) is 0 Å². The maximum atomic E-state index is 11.5. The van der Waals surface area contributed by atoms with Crippen molar-refractivity contribution in [3.63, 3.8) is 0 Å². The van der Waals surface area contributed by atoms with Gasteiger partial charge in [-0.1, -0.05) is 0 Å². The Hall–Kier alpha value is -2.31. The second kappa shape index (κ2) is 5.15.